The van der Waals surface area contributed by atoms with Gasteiger partial charge < -0.3 is 15.2 Å². The lowest BCUT2D eigenvalue weighted by atomic mass is 10.1. The molecule has 2 amide bonds. The number of hydrogen-bond acceptors (Lipinski definition) is 3. The van der Waals surface area contributed by atoms with Crippen LogP contribution in [0, 0.1) is 0 Å². The van der Waals surface area contributed by atoms with E-state index >= 15 is 0 Å². The number of aryl methyl sites for hydroxylation is 1. The van der Waals surface area contributed by atoms with Crippen molar-refractivity contribution >= 4 is 39.3 Å². The van der Waals surface area contributed by atoms with Crippen LogP contribution < -0.4 is 10.6 Å². The molecule has 154 valence electrons. The van der Waals surface area contributed by atoms with Crippen molar-refractivity contribution in [2.75, 3.05) is 18.9 Å². The molecule has 6 heteroatoms. The first-order valence-corrected chi connectivity index (χ1v) is 10.1. The Hall–Kier alpha value is -2.86. The summed E-state index contributed by atoms with van der Waals surface area (Å²) in [5, 5.41) is 8.15. The molecule has 0 bridgehead atoms. The second-order valence-electron chi connectivity index (χ2n) is 7.80. The second-order valence-corrected chi connectivity index (χ2v) is 7.80. The topological polar surface area (TPSA) is 66.4 Å². The summed E-state index contributed by atoms with van der Waals surface area (Å²) in [7, 11) is 1.78. The lowest BCUT2D eigenvalue weighted by Crippen LogP contribution is -2.45. The maximum absolute atomic E-state index is 12.7. The Morgan fingerprint density at radius 2 is 1.72 bits per heavy atom. The van der Waals surface area contributed by atoms with Crippen molar-refractivity contribution in [2.24, 2.45) is 0 Å². The molecule has 0 fully saturated rings. The number of nitrogens with one attached hydrogen (secondary N) is 2. The Kier molecular flexibility index (Phi) is 6.23. The molecule has 6 nitrogen and oxygen atoms in total. The van der Waals surface area contributed by atoms with Crippen LogP contribution in [0.25, 0.3) is 21.8 Å². The maximum atomic E-state index is 12.7. The highest BCUT2D eigenvalue weighted by Gasteiger charge is 2.21. The summed E-state index contributed by atoms with van der Waals surface area (Å²) in [6.07, 6.45) is 0. The highest BCUT2D eigenvalue weighted by atomic mass is 16.2. The van der Waals surface area contributed by atoms with Crippen LogP contribution in [-0.4, -0.2) is 47.0 Å². The summed E-state index contributed by atoms with van der Waals surface area (Å²) < 4.78 is 2.28. The number of aromatic nitrogens is 1. The minimum absolute atomic E-state index is 0.0806. The molecule has 0 spiro atoms. The number of likely N-dealkylation sites (N-methyl/N-ethyl adjacent to an activating group) is 1. The van der Waals surface area contributed by atoms with E-state index < -0.39 is 6.04 Å². The number of rotatable bonds is 7. The van der Waals surface area contributed by atoms with Crippen LogP contribution in [0.5, 0.6) is 0 Å². The summed E-state index contributed by atoms with van der Waals surface area (Å²) in [6.45, 7) is 8.83. The van der Waals surface area contributed by atoms with Gasteiger partial charge in [-0.05, 0) is 59.0 Å². The number of benzene rings is 2. The molecule has 3 rings (SSSR count). The standard InChI is InChI=1S/C23H30N4O2/c1-6-27-20-10-8-7-9-18(20)19-13-17(11-12-21(19)27)25-23(29)16(4)26(5)14-22(28)24-15(2)3/h7-13,15-16H,6,14H2,1-5H3,(H,24,28)(H,25,29). The molecule has 1 aromatic heterocycles. The largest absolute Gasteiger partial charge is 0.353 e. The molecule has 1 unspecified atom stereocenters. The molecule has 2 N–H and O–H groups in total. The van der Waals surface area contributed by atoms with E-state index in [9.17, 15) is 9.59 Å². The molecule has 1 heterocycles. The minimum Gasteiger partial charge on any atom is -0.353 e. The van der Waals surface area contributed by atoms with Gasteiger partial charge in [-0.3, -0.25) is 14.5 Å². The van der Waals surface area contributed by atoms with Gasteiger partial charge in [-0.2, -0.15) is 0 Å². The number of carbonyl (C=O) groups is 2. The average molecular weight is 395 g/mol. The van der Waals surface area contributed by atoms with Gasteiger partial charge in [-0.15, -0.1) is 0 Å². The number of hydrogen-bond donors (Lipinski definition) is 2. The zero-order valence-electron chi connectivity index (χ0n) is 17.8. The van der Waals surface area contributed by atoms with E-state index in [1.165, 1.54) is 10.9 Å². The second kappa shape index (κ2) is 8.66. The van der Waals surface area contributed by atoms with Crippen LogP contribution in [0.15, 0.2) is 42.5 Å². The summed E-state index contributed by atoms with van der Waals surface area (Å²) >= 11 is 0. The third-order valence-corrected chi connectivity index (χ3v) is 5.24. The van der Waals surface area contributed by atoms with Crippen LogP contribution in [0.3, 0.4) is 0 Å². The first kappa shape index (κ1) is 20.9. The van der Waals surface area contributed by atoms with Gasteiger partial charge in [-0.25, -0.2) is 0 Å². The number of anilines is 1. The maximum Gasteiger partial charge on any atom is 0.241 e. The number of carbonyl (C=O) groups excluding carboxylic acids is 2. The number of nitrogens with zero attached hydrogens (tertiary/aromatic N) is 2. The molecular formula is C23H30N4O2. The lowest BCUT2D eigenvalue weighted by Gasteiger charge is -2.23. The Morgan fingerprint density at radius 1 is 1.03 bits per heavy atom. The fraction of sp³-hybridized carbons (Fsp3) is 0.391. The zero-order chi connectivity index (χ0) is 21.1. The SMILES string of the molecule is CCn1c2ccccc2c2cc(NC(=O)C(C)N(C)CC(=O)NC(C)C)ccc21. The van der Waals surface area contributed by atoms with Crippen molar-refractivity contribution in [1.29, 1.82) is 0 Å². The van der Waals surface area contributed by atoms with Crippen LogP contribution in [0.2, 0.25) is 0 Å². The first-order valence-electron chi connectivity index (χ1n) is 10.1. The molecule has 0 aliphatic rings. The van der Waals surface area contributed by atoms with Crippen molar-refractivity contribution in [3.05, 3.63) is 42.5 Å². The summed E-state index contributed by atoms with van der Waals surface area (Å²) in [4.78, 5) is 26.4. The van der Waals surface area contributed by atoms with Gasteiger partial charge in [-0.1, -0.05) is 18.2 Å². The van der Waals surface area contributed by atoms with Crippen molar-refractivity contribution in [3.8, 4) is 0 Å². The Morgan fingerprint density at radius 3 is 2.41 bits per heavy atom. The van der Waals surface area contributed by atoms with Crippen molar-refractivity contribution < 1.29 is 9.59 Å². The van der Waals surface area contributed by atoms with Crippen LogP contribution >= 0.6 is 0 Å². The predicted octanol–water partition coefficient (Wildman–Crippen LogP) is 3.60. The van der Waals surface area contributed by atoms with E-state index in [4.69, 9.17) is 0 Å². The van der Waals surface area contributed by atoms with Gasteiger partial charge in [0.2, 0.25) is 11.8 Å². The van der Waals surface area contributed by atoms with Gasteiger partial charge in [0.1, 0.15) is 0 Å². The third-order valence-electron chi connectivity index (χ3n) is 5.24. The smallest absolute Gasteiger partial charge is 0.241 e. The Bertz CT molecular complexity index is 1040. The van der Waals surface area contributed by atoms with E-state index in [0.29, 0.717) is 0 Å². The quantitative estimate of drug-likeness (QED) is 0.643. The number of amides is 2. The van der Waals surface area contributed by atoms with Gasteiger partial charge in [0, 0.05) is 40.1 Å². The van der Waals surface area contributed by atoms with E-state index in [-0.39, 0.29) is 24.4 Å². The van der Waals surface area contributed by atoms with Crippen molar-refractivity contribution in [1.82, 2.24) is 14.8 Å². The Labute approximate surface area is 171 Å². The highest BCUT2D eigenvalue weighted by Crippen LogP contribution is 2.31. The van der Waals surface area contributed by atoms with E-state index in [1.54, 1.807) is 18.9 Å². The highest BCUT2D eigenvalue weighted by molar-refractivity contribution is 6.10. The van der Waals surface area contributed by atoms with E-state index in [2.05, 4.69) is 40.3 Å². The summed E-state index contributed by atoms with van der Waals surface area (Å²) in [5.41, 5.74) is 3.10. The number of fused-ring (bicyclic) bond motifs is 3. The molecule has 2 aromatic carbocycles. The van der Waals surface area contributed by atoms with Gasteiger partial charge in [0.15, 0.2) is 0 Å². The van der Waals surface area contributed by atoms with Crippen LogP contribution in [0.1, 0.15) is 27.7 Å². The zero-order valence-corrected chi connectivity index (χ0v) is 17.8. The first-order chi connectivity index (χ1) is 13.8. The van der Waals surface area contributed by atoms with E-state index in [0.717, 1.165) is 23.1 Å². The Balaban J connectivity index is 1.78. The summed E-state index contributed by atoms with van der Waals surface area (Å²) in [6, 6.07) is 14.0. The normalized spacial score (nSPS) is 12.7. The van der Waals surface area contributed by atoms with Gasteiger partial charge >= 0.3 is 0 Å². The molecule has 0 saturated carbocycles. The fourth-order valence-corrected chi connectivity index (χ4v) is 3.65. The molecule has 29 heavy (non-hydrogen) atoms. The third kappa shape index (κ3) is 4.43. The lowest BCUT2D eigenvalue weighted by molar-refractivity contribution is -0.125. The van der Waals surface area contributed by atoms with Gasteiger partial charge in [0.05, 0.1) is 12.6 Å². The van der Waals surface area contributed by atoms with E-state index in [1.807, 2.05) is 38.1 Å². The predicted molar refractivity (Wildman–Crippen MR) is 119 cm³/mol. The monoisotopic (exact) mass is 394 g/mol. The molecule has 0 radical (unpaired) electrons. The molecule has 0 aliphatic carbocycles. The summed E-state index contributed by atoms with van der Waals surface area (Å²) in [5.74, 6) is -0.223. The minimum atomic E-state index is -0.430. The molecule has 0 saturated heterocycles. The average Bonchev–Trinajstić information content (AvgIpc) is 2.99. The fourth-order valence-electron chi connectivity index (χ4n) is 3.65. The van der Waals surface area contributed by atoms with Crippen LogP contribution in [0.4, 0.5) is 5.69 Å². The van der Waals surface area contributed by atoms with Crippen molar-refractivity contribution in [3.63, 3.8) is 0 Å². The number of para-hydroxylation sites is 1. The molecule has 1 atom stereocenters. The van der Waals surface area contributed by atoms with Crippen molar-refractivity contribution in [2.45, 2.75) is 46.3 Å². The molecule has 3 aromatic rings. The van der Waals surface area contributed by atoms with Crippen LogP contribution in [-0.2, 0) is 16.1 Å². The van der Waals surface area contributed by atoms with Gasteiger partial charge in [0.25, 0.3) is 0 Å². The molecular weight excluding hydrogens is 364 g/mol. The molecule has 0 aliphatic heterocycles.